The van der Waals surface area contributed by atoms with Crippen molar-refractivity contribution in [2.45, 2.75) is 18.0 Å². The van der Waals surface area contributed by atoms with Crippen molar-refractivity contribution in [2.24, 2.45) is 0 Å². The Labute approximate surface area is 171 Å². The third kappa shape index (κ3) is 5.32. The zero-order valence-corrected chi connectivity index (χ0v) is 16.6. The smallest absolute Gasteiger partial charge is 0.241 e. The highest BCUT2D eigenvalue weighted by atomic mass is 35.5. The van der Waals surface area contributed by atoms with E-state index in [4.69, 9.17) is 20.8 Å². The Morgan fingerprint density at radius 3 is 2.52 bits per heavy atom. The summed E-state index contributed by atoms with van der Waals surface area (Å²) in [4.78, 5) is 23.6. The molecule has 0 unspecified atom stereocenters. The van der Waals surface area contributed by atoms with Gasteiger partial charge in [-0.2, -0.15) is 0 Å². The third-order valence-electron chi connectivity index (χ3n) is 3.86. The number of rotatable bonds is 8. The summed E-state index contributed by atoms with van der Waals surface area (Å²) in [6.07, 6.45) is 0.344. The van der Waals surface area contributed by atoms with Crippen LogP contribution < -0.4 is 14.9 Å². The van der Waals surface area contributed by atoms with Gasteiger partial charge in [0.1, 0.15) is 12.4 Å². The molecule has 9 heteroatoms. The van der Waals surface area contributed by atoms with Crippen LogP contribution in [0.5, 0.6) is 5.75 Å². The Morgan fingerprint density at radius 2 is 1.83 bits per heavy atom. The molecule has 0 bridgehead atoms. The minimum atomic E-state index is -3.89. The summed E-state index contributed by atoms with van der Waals surface area (Å²) in [5, 5.41) is 0.266. The van der Waals surface area contributed by atoms with Gasteiger partial charge < -0.3 is 9.15 Å². The first-order valence-electron chi connectivity index (χ1n) is 8.43. The van der Waals surface area contributed by atoms with Crippen LogP contribution in [0.2, 0.25) is 5.02 Å². The van der Waals surface area contributed by atoms with Crippen molar-refractivity contribution in [2.75, 3.05) is 0 Å². The number of ether oxygens (including phenoxy) is 1. The molecule has 0 aliphatic rings. The van der Waals surface area contributed by atoms with Crippen molar-refractivity contribution in [3.05, 3.63) is 93.0 Å². The molecule has 0 amide bonds. The van der Waals surface area contributed by atoms with Gasteiger partial charge >= 0.3 is 0 Å². The first kappa shape index (κ1) is 20.8. The van der Waals surface area contributed by atoms with Gasteiger partial charge in [0.2, 0.25) is 27.0 Å². The second-order valence-electron chi connectivity index (χ2n) is 5.94. The van der Waals surface area contributed by atoms with E-state index in [0.29, 0.717) is 6.29 Å². The largest absolute Gasteiger partial charge is 0.481 e. The number of benzene rings is 2. The Kier molecular flexibility index (Phi) is 6.48. The van der Waals surface area contributed by atoms with E-state index in [-0.39, 0.29) is 40.3 Å². The Bertz CT molecular complexity index is 1180. The average Bonchev–Trinajstić information content (AvgIpc) is 2.72. The van der Waals surface area contributed by atoms with Gasteiger partial charge in [0, 0.05) is 11.1 Å². The molecule has 1 N–H and O–H groups in total. The van der Waals surface area contributed by atoms with Crippen LogP contribution in [0.3, 0.4) is 0 Å². The van der Waals surface area contributed by atoms with Gasteiger partial charge in [-0.25, -0.2) is 13.1 Å². The van der Waals surface area contributed by atoms with Crippen molar-refractivity contribution < 1.29 is 22.4 Å². The predicted molar refractivity (Wildman–Crippen MR) is 107 cm³/mol. The molecule has 1 heterocycles. The molecule has 0 saturated carbocycles. The van der Waals surface area contributed by atoms with E-state index in [1.54, 1.807) is 18.2 Å². The molecule has 3 rings (SSSR count). The number of carbonyl (C=O) groups excluding carboxylic acids is 1. The molecule has 0 atom stereocenters. The topological polar surface area (TPSA) is 103 Å². The highest BCUT2D eigenvalue weighted by Gasteiger charge is 2.17. The van der Waals surface area contributed by atoms with E-state index < -0.39 is 15.5 Å². The van der Waals surface area contributed by atoms with Crippen molar-refractivity contribution in [1.29, 1.82) is 0 Å². The Morgan fingerprint density at radius 1 is 1.07 bits per heavy atom. The van der Waals surface area contributed by atoms with E-state index in [2.05, 4.69) is 4.72 Å². The summed E-state index contributed by atoms with van der Waals surface area (Å²) in [5.41, 5.74) is 0.216. The minimum Gasteiger partial charge on any atom is -0.481 e. The second-order valence-corrected chi connectivity index (χ2v) is 8.15. The lowest BCUT2D eigenvalue weighted by Gasteiger charge is -2.10. The molecule has 0 aliphatic heterocycles. The lowest BCUT2D eigenvalue weighted by atomic mass is 10.2. The van der Waals surface area contributed by atoms with Crippen molar-refractivity contribution in [3.8, 4) is 5.75 Å². The zero-order valence-electron chi connectivity index (χ0n) is 15.0. The maximum absolute atomic E-state index is 12.3. The van der Waals surface area contributed by atoms with E-state index >= 15 is 0 Å². The first-order chi connectivity index (χ1) is 13.9. The number of hydrogen-bond acceptors (Lipinski definition) is 6. The number of halogens is 1. The Balaban J connectivity index is 1.76. The summed E-state index contributed by atoms with van der Waals surface area (Å²) in [6, 6.07) is 15.9. The number of nitrogens with one attached hydrogen (secondary N) is 1. The predicted octanol–water partition coefficient (Wildman–Crippen LogP) is 3.16. The highest BCUT2D eigenvalue weighted by Crippen LogP contribution is 2.18. The van der Waals surface area contributed by atoms with Gasteiger partial charge in [-0.1, -0.05) is 48.0 Å². The lowest BCUT2D eigenvalue weighted by molar-refractivity contribution is 0.108. The minimum absolute atomic E-state index is 0.0326. The lowest BCUT2D eigenvalue weighted by Crippen LogP contribution is -2.24. The summed E-state index contributed by atoms with van der Waals surface area (Å²) < 4.78 is 37.8. The average molecular weight is 434 g/mol. The monoisotopic (exact) mass is 433 g/mol. The van der Waals surface area contributed by atoms with Crippen molar-refractivity contribution in [1.82, 2.24) is 4.72 Å². The molecular weight excluding hydrogens is 418 g/mol. The molecule has 3 aromatic rings. The van der Waals surface area contributed by atoms with E-state index in [1.165, 1.54) is 18.2 Å². The zero-order chi connectivity index (χ0) is 20.9. The molecule has 0 aliphatic carbocycles. The highest BCUT2D eigenvalue weighted by molar-refractivity contribution is 7.89. The number of sulfonamides is 1. The van der Waals surface area contributed by atoms with Gasteiger partial charge in [-0.15, -0.1) is 0 Å². The van der Waals surface area contributed by atoms with Gasteiger partial charge in [-0.05, 0) is 23.8 Å². The maximum Gasteiger partial charge on any atom is 0.241 e. The van der Waals surface area contributed by atoms with Gasteiger partial charge in [0.15, 0.2) is 6.29 Å². The number of carbonyl (C=O) groups is 1. The molecule has 0 radical (unpaired) electrons. The first-order valence-corrected chi connectivity index (χ1v) is 10.3. The molecule has 0 saturated heterocycles. The Hall–Kier alpha value is -2.94. The normalized spacial score (nSPS) is 11.2. The third-order valence-corrected chi connectivity index (χ3v) is 5.49. The molecule has 7 nitrogen and oxygen atoms in total. The molecular formula is C20H16ClNO6S. The van der Waals surface area contributed by atoms with Gasteiger partial charge in [0.05, 0.1) is 11.4 Å². The van der Waals surface area contributed by atoms with E-state index in [9.17, 15) is 18.0 Å². The van der Waals surface area contributed by atoms with Crippen LogP contribution in [0.25, 0.3) is 0 Å². The molecule has 1 aromatic heterocycles. The van der Waals surface area contributed by atoms with Crippen LogP contribution in [0.1, 0.15) is 21.9 Å². The summed E-state index contributed by atoms with van der Waals surface area (Å²) in [5.74, 6) is -0.578. The molecule has 0 fully saturated rings. The number of aldehydes is 1. The standard InChI is InChI=1S/C20H16ClNO6S/c21-15-7-4-8-17(9-15)29(25,26)22-11-16-10-18(24)20(19(12-23)28-16)27-13-14-5-2-1-3-6-14/h1-10,12,22H,11,13H2. The molecule has 0 spiro atoms. The summed E-state index contributed by atoms with van der Waals surface area (Å²) in [7, 11) is -3.89. The van der Waals surface area contributed by atoms with E-state index in [0.717, 1.165) is 11.6 Å². The summed E-state index contributed by atoms with van der Waals surface area (Å²) in [6.45, 7) is -0.253. The van der Waals surface area contributed by atoms with Crippen LogP contribution >= 0.6 is 11.6 Å². The van der Waals surface area contributed by atoms with Gasteiger partial charge in [-0.3, -0.25) is 9.59 Å². The van der Waals surface area contributed by atoms with Crippen LogP contribution in [0.4, 0.5) is 0 Å². The van der Waals surface area contributed by atoms with Crippen LogP contribution in [-0.4, -0.2) is 14.7 Å². The number of hydrogen-bond donors (Lipinski definition) is 1. The van der Waals surface area contributed by atoms with Crippen LogP contribution in [0, 0.1) is 0 Å². The fourth-order valence-corrected chi connectivity index (χ4v) is 3.76. The van der Waals surface area contributed by atoms with Crippen molar-refractivity contribution >= 4 is 27.9 Å². The van der Waals surface area contributed by atoms with E-state index in [1.807, 2.05) is 18.2 Å². The molecule has 150 valence electrons. The fourth-order valence-electron chi connectivity index (χ4n) is 2.47. The molecule has 2 aromatic carbocycles. The second kappa shape index (κ2) is 9.04. The summed E-state index contributed by atoms with van der Waals surface area (Å²) >= 11 is 5.81. The van der Waals surface area contributed by atoms with Gasteiger partial charge in [0.25, 0.3) is 0 Å². The van der Waals surface area contributed by atoms with Crippen LogP contribution in [-0.2, 0) is 23.2 Å². The molecule has 29 heavy (non-hydrogen) atoms. The quantitative estimate of drug-likeness (QED) is 0.547. The van der Waals surface area contributed by atoms with Crippen LogP contribution in [0.15, 0.2) is 74.8 Å². The van der Waals surface area contributed by atoms with Crippen molar-refractivity contribution in [3.63, 3.8) is 0 Å². The maximum atomic E-state index is 12.3. The fraction of sp³-hybridized carbons (Fsp3) is 0.100. The SMILES string of the molecule is O=Cc1oc(CNS(=O)(=O)c2cccc(Cl)c2)cc(=O)c1OCc1ccccc1.